The van der Waals surface area contributed by atoms with Crippen molar-refractivity contribution in [3.8, 4) is 12.3 Å². The number of nitrogens with zero attached hydrogens (tertiary/aromatic N) is 1. The number of aryl methyl sites for hydroxylation is 1. The largest absolute Gasteiger partial charge is 0.480 e. The minimum absolute atomic E-state index is 0.0475. The molecule has 2 N–H and O–H groups in total. The molecule has 0 fully saturated rings. The molecule has 20 heavy (non-hydrogen) atoms. The first-order valence-corrected chi connectivity index (χ1v) is 6.37. The van der Waals surface area contributed by atoms with Crippen LogP contribution in [0.2, 0.25) is 0 Å². The lowest BCUT2D eigenvalue weighted by Gasteiger charge is -2.19. The normalized spacial score (nSPS) is 9.60. The van der Waals surface area contributed by atoms with E-state index in [1.807, 2.05) is 25.1 Å². The Bertz CT molecular complexity index is 520. The number of para-hydroxylation sites is 1. The molecule has 0 saturated carbocycles. The van der Waals surface area contributed by atoms with Gasteiger partial charge in [0.15, 0.2) is 0 Å². The highest BCUT2D eigenvalue weighted by atomic mass is 16.4. The molecule has 1 aromatic rings. The van der Waals surface area contributed by atoms with Gasteiger partial charge in [0.25, 0.3) is 0 Å². The van der Waals surface area contributed by atoms with Gasteiger partial charge in [0.2, 0.25) is 0 Å². The van der Waals surface area contributed by atoms with Crippen molar-refractivity contribution in [2.24, 2.45) is 0 Å². The second kappa shape index (κ2) is 7.85. The van der Waals surface area contributed by atoms with Crippen molar-refractivity contribution in [1.29, 1.82) is 0 Å². The van der Waals surface area contributed by atoms with E-state index >= 15 is 0 Å². The molecule has 0 atom stereocenters. The molecular formula is C15H18N2O3. The number of carboxylic acids is 1. The van der Waals surface area contributed by atoms with Gasteiger partial charge in [-0.15, -0.1) is 6.42 Å². The van der Waals surface area contributed by atoms with Gasteiger partial charge in [-0.05, 0) is 18.1 Å². The van der Waals surface area contributed by atoms with Gasteiger partial charge in [0.1, 0.15) is 6.54 Å². The number of anilines is 1. The third kappa shape index (κ3) is 4.65. The van der Waals surface area contributed by atoms with Gasteiger partial charge in [-0.1, -0.05) is 37.5 Å². The summed E-state index contributed by atoms with van der Waals surface area (Å²) in [5.74, 6) is 1.18. The third-order valence-corrected chi connectivity index (χ3v) is 2.67. The van der Waals surface area contributed by atoms with E-state index in [1.54, 1.807) is 6.07 Å². The van der Waals surface area contributed by atoms with E-state index in [9.17, 15) is 9.59 Å². The Balaban J connectivity index is 2.82. The second-order valence-corrected chi connectivity index (χ2v) is 4.29. The topological polar surface area (TPSA) is 69.6 Å². The van der Waals surface area contributed by atoms with Crippen LogP contribution in [0.25, 0.3) is 0 Å². The molecule has 2 amide bonds. The van der Waals surface area contributed by atoms with Crippen LogP contribution in [-0.4, -0.2) is 35.1 Å². The van der Waals surface area contributed by atoms with E-state index in [0.717, 1.165) is 23.3 Å². The van der Waals surface area contributed by atoms with Crippen LogP contribution in [-0.2, 0) is 11.2 Å². The summed E-state index contributed by atoms with van der Waals surface area (Å²) < 4.78 is 0. The lowest BCUT2D eigenvalue weighted by Crippen LogP contribution is -2.39. The number of terminal acetylenes is 1. The van der Waals surface area contributed by atoms with Crippen molar-refractivity contribution in [3.05, 3.63) is 29.8 Å². The van der Waals surface area contributed by atoms with Gasteiger partial charge in [0, 0.05) is 5.69 Å². The van der Waals surface area contributed by atoms with Gasteiger partial charge in [-0.3, -0.25) is 4.79 Å². The van der Waals surface area contributed by atoms with E-state index in [4.69, 9.17) is 11.5 Å². The number of aliphatic carboxylic acids is 1. The van der Waals surface area contributed by atoms with Crippen LogP contribution in [0.3, 0.4) is 0 Å². The summed E-state index contributed by atoms with van der Waals surface area (Å²) in [6.07, 6.45) is 6.94. The first kappa shape index (κ1) is 15.6. The van der Waals surface area contributed by atoms with Crippen molar-refractivity contribution >= 4 is 17.7 Å². The molecule has 0 spiro atoms. The van der Waals surface area contributed by atoms with E-state index in [0.29, 0.717) is 5.69 Å². The van der Waals surface area contributed by atoms with Crippen LogP contribution in [0.15, 0.2) is 24.3 Å². The second-order valence-electron chi connectivity index (χ2n) is 4.29. The number of carboxylic acid groups (broad SMARTS) is 1. The molecule has 0 saturated heterocycles. The van der Waals surface area contributed by atoms with Crippen molar-refractivity contribution in [2.45, 2.75) is 19.8 Å². The molecule has 0 bridgehead atoms. The lowest BCUT2D eigenvalue weighted by molar-refractivity contribution is -0.137. The van der Waals surface area contributed by atoms with Gasteiger partial charge in [-0.2, -0.15) is 0 Å². The van der Waals surface area contributed by atoms with Gasteiger partial charge in [-0.25, -0.2) is 4.79 Å². The fourth-order valence-corrected chi connectivity index (χ4v) is 1.80. The fourth-order valence-electron chi connectivity index (χ4n) is 1.80. The SMILES string of the molecule is C#CCN(CC(=O)O)C(=O)Nc1ccccc1CCC. The number of carbonyl (C=O) groups is 2. The summed E-state index contributed by atoms with van der Waals surface area (Å²) in [7, 11) is 0. The Morgan fingerprint density at radius 3 is 2.70 bits per heavy atom. The molecule has 0 heterocycles. The molecule has 1 aromatic carbocycles. The van der Waals surface area contributed by atoms with E-state index in [2.05, 4.69) is 11.2 Å². The quantitative estimate of drug-likeness (QED) is 0.781. The zero-order chi connectivity index (χ0) is 15.0. The van der Waals surface area contributed by atoms with Gasteiger partial charge >= 0.3 is 12.0 Å². The van der Waals surface area contributed by atoms with Crippen LogP contribution in [0, 0.1) is 12.3 Å². The number of nitrogens with one attached hydrogen (secondary N) is 1. The third-order valence-electron chi connectivity index (χ3n) is 2.67. The average Bonchev–Trinajstić information content (AvgIpc) is 2.40. The van der Waals surface area contributed by atoms with Gasteiger partial charge < -0.3 is 15.3 Å². The molecule has 0 aliphatic rings. The highest BCUT2D eigenvalue weighted by molar-refractivity contribution is 5.92. The molecule has 0 aromatic heterocycles. The van der Waals surface area contributed by atoms with Crippen molar-refractivity contribution in [1.82, 2.24) is 4.90 Å². The van der Waals surface area contributed by atoms with E-state index in [1.165, 1.54) is 0 Å². The number of carbonyl (C=O) groups excluding carboxylic acids is 1. The van der Waals surface area contributed by atoms with Crippen LogP contribution < -0.4 is 5.32 Å². The van der Waals surface area contributed by atoms with Crippen LogP contribution in [0.4, 0.5) is 10.5 Å². The summed E-state index contributed by atoms with van der Waals surface area (Å²) in [6, 6.07) is 6.93. The van der Waals surface area contributed by atoms with E-state index < -0.39 is 18.5 Å². The zero-order valence-electron chi connectivity index (χ0n) is 11.4. The fraction of sp³-hybridized carbons (Fsp3) is 0.333. The number of amides is 2. The molecule has 0 aliphatic carbocycles. The lowest BCUT2D eigenvalue weighted by atomic mass is 10.1. The maximum Gasteiger partial charge on any atom is 0.323 e. The van der Waals surface area contributed by atoms with Crippen LogP contribution in [0.5, 0.6) is 0 Å². The average molecular weight is 274 g/mol. The Kier molecular flexibility index (Phi) is 6.11. The first-order valence-electron chi connectivity index (χ1n) is 6.37. The number of benzene rings is 1. The highest BCUT2D eigenvalue weighted by Crippen LogP contribution is 2.17. The maximum absolute atomic E-state index is 12.1. The minimum atomic E-state index is -1.10. The van der Waals surface area contributed by atoms with Crippen LogP contribution in [0.1, 0.15) is 18.9 Å². The number of urea groups is 1. The molecule has 0 radical (unpaired) electrons. The Labute approximate surface area is 118 Å². The van der Waals surface area contributed by atoms with Crippen molar-refractivity contribution < 1.29 is 14.7 Å². The summed E-state index contributed by atoms with van der Waals surface area (Å²) in [4.78, 5) is 23.8. The Morgan fingerprint density at radius 2 is 2.10 bits per heavy atom. The van der Waals surface area contributed by atoms with Crippen molar-refractivity contribution in [2.75, 3.05) is 18.4 Å². The van der Waals surface area contributed by atoms with Gasteiger partial charge in [0.05, 0.1) is 6.54 Å². The first-order chi connectivity index (χ1) is 9.58. The number of hydrogen-bond acceptors (Lipinski definition) is 2. The smallest absolute Gasteiger partial charge is 0.323 e. The van der Waals surface area contributed by atoms with Crippen molar-refractivity contribution in [3.63, 3.8) is 0 Å². The number of rotatable bonds is 6. The molecule has 0 aliphatic heterocycles. The summed E-state index contributed by atoms with van der Waals surface area (Å²) in [5, 5.41) is 11.5. The molecule has 106 valence electrons. The monoisotopic (exact) mass is 274 g/mol. The molecular weight excluding hydrogens is 256 g/mol. The van der Waals surface area contributed by atoms with E-state index in [-0.39, 0.29) is 6.54 Å². The standard InChI is InChI=1S/C15H18N2O3/c1-3-7-12-8-5-6-9-13(12)16-15(20)17(10-4-2)11-14(18)19/h2,5-6,8-9H,3,7,10-11H2,1H3,(H,16,20)(H,18,19). The molecule has 5 heteroatoms. The minimum Gasteiger partial charge on any atom is -0.480 e. The predicted octanol–water partition coefficient (Wildman–Crippen LogP) is 2.19. The maximum atomic E-state index is 12.1. The molecule has 0 unspecified atom stereocenters. The summed E-state index contributed by atoms with van der Waals surface area (Å²) >= 11 is 0. The predicted molar refractivity (Wildman–Crippen MR) is 77.5 cm³/mol. The zero-order valence-corrected chi connectivity index (χ0v) is 11.4. The molecule has 1 rings (SSSR count). The Hall–Kier alpha value is -2.48. The Morgan fingerprint density at radius 1 is 1.40 bits per heavy atom. The van der Waals surface area contributed by atoms with Crippen LogP contribution >= 0.6 is 0 Å². The molecule has 5 nitrogen and oxygen atoms in total. The summed E-state index contributed by atoms with van der Waals surface area (Å²) in [5.41, 5.74) is 1.70. The summed E-state index contributed by atoms with van der Waals surface area (Å²) in [6.45, 7) is 1.58. The number of hydrogen-bond donors (Lipinski definition) is 2. The highest BCUT2D eigenvalue weighted by Gasteiger charge is 2.16.